The van der Waals surface area contributed by atoms with E-state index in [1.807, 2.05) is 12.1 Å². The van der Waals surface area contributed by atoms with E-state index in [0.29, 0.717) is 6.04 Å². The molecule has 1 aromatic carbocycles. The lowest BCUT2D eigenvalue weighted by molar-refractivity contribution is 0.179. The van der Waals surface area contributed by atoms with Gasteiger partial charge in [0.1, 0.15) is 17.6 Å². The summed E-state index contributed by atoms with van der Waals surface area (Å²) in [4.78, 5) is 0. The van der Waals surface area contributed by atoms with Gasteiger partial charge in [0.05, 0.1) is 12.6 Å². The molecule has 0 saturated carbocycles. The van der Waals surface area contributed by atoms with Crippen LogP contribution < -0.4 is 14.8 Å². The second kappa shape index (κ2) is 6.80. The highest BCUT2D eigenvalue weighted by Crippen LogP contribution is 2.40. The van der Waals surface area contributed by atoms with Crippen molar-refractivity contribution in [2.24, 2.45) is 0 Å². The molecule has 0 radical (unpaired) electrons. The fraction of sp³-hybridized carbons (Fsp3) is 0.625. The maximum Gasteiger partial charge on any atom is 0.125 e. The minimum atomic E-state index is 0.251. The molecule has 1 aliphatic heterocycles. The van der Waals surface area contributed by atoms with Gasteiger partial charge in [0.2, 0.25) is 0 Å². The third-order valence-corrected chi connectivity index (χ3v) is 3.44. The first-order valence-corrected chi connectivity index (χ1v) is 7.46. The number of hydrogen-bond donors (Lipinski definition) is 1. The zero-order valence-electron chi connectivity index (χ0n) is 12.2. The molecule has 0 amide bonds. The fourth-order valence-electron chi connectivity index (χ4n) is 2.59. The summed E-state index contributed by atoms with van der Waals surface area (Å²) in [7, 11) is 0. The Labute approximate surface area is 116 Å². The van der Waals surface area contributed by atoms with Crippen LogP contribution in [0, 0.1) is 0 Å². The molecular weight excluding hydrogens is 238 g/mol. The van der Waals surface area contributed by atoms with E-state index in [0.717, 1.165) is 43.9 Å². The third-order valence-electron chi connectivity index (χ3n) is 3.44. The Bertz CT molecular complexity index is 406. The Hall–Kier alpha value is -1.22. The van der Waals surface area contributed by atoms with Crippen molar-refractivity contribution in [1.29, 1.82) is 0 Å². The number of nitrogens with one attached hydrogen (secondary N) is 1. The first kappa shape index (κ1) is 14.2. The van der Waals surface area contributed by atoms with E-state index in [1.165, 1.54) is 5.56 Å². The van der Waals surface area contributed by atoms with E-state index in [4.69, 9.17) is 9.47 Å². The number of likely N-dealkylation sites (N-methyl/N-ethyl adjacent to an activating group) is 1. The molecule has 0 spiro atoms. The summed E-state index contributed by atoms with van der Waals surface area (Å²) >= 11 is 0. The highest BCUT2D eigenvalue weighted by molar-refractivity contribution is 5.45. The Morgan fingerprint density at radius 1 is 1.21 bits per heavy atom. The summed E-state index contributed by atoms with van der Waals surface area (Å²) in [5.74, 6) is 1.96. The predicted molar refractivity (Wildman–Crippen MR) is 78.0 cm³/mol. The first-order chi connectivity index (χ1) is 9.30. The zero-order valence-corrected chi connectivity index (χ0v) is 12.2. The monoisotopic (exact) mass is 263 g/mol. The summed E-state index contributed by atoms with van der Waals surface area (Å²) in [6, 6.07) is 6.48. The second-order valence-corrected chi connectivity index (χ2v) is 5.03. The summed E-state index contributed by atoms with van der Waals surface area (Å²) in [6.07, 6.45) is 3.50. The van der Waals surface area contributed by atoms with Crippen LogP contribution in [0.3, 0.4) is 0 Å². The fourth-order valence-corrected chi connectivity index (χ4v) is 2.59. The predicted octanol–water partition coefficient (Wildman–Crippen LogP) is 3.69. The van der Waals surface area contributed by atoms with Crippen molar-refractivity contribution < 1.29 is 9.47 Å². The largest absolute Gasteiger partial charge is 0.494 e. The standard InChI is InChI=1S/C16H25NO2/c1-4-7-15-16(17-6-3)13-11-12(18-10-5-2)8-9-14(13)19-15/h8-9,11,15-17H,4-7,10H2,1-3H3. The van der Waals surface area contributed by atoms with Crippen LogP contribution in [0.15, 0.2) is 18.2 Å². The van der Waals surface area contributed by atoms with Crippen molar-refractivity contribution in [2.75, 3.05) is 13.2 Å². The number of fused-ring (bicyclic) bond motifs is 1. The number of ether oxygens (including phenoxy) is 2. The summed E-state index contributed by atoms with van der Waals surface area (Å²) < 4.78 is 11.8. The lowest BCUT2D eigenvalue weighted by Crippen LogP contribution is -2.30. The minimum absolute atomic E-state index is 0.251. The number of hydrogen-bond acceptors (Lipinski definition) is 3. The Morgan fingerprint density at radius 3 is 2.74 bits per heavy atom. The van der Waals surface area contributed by atoms with Gasteiger partial charge >= 0.3 is 0 Å². The van der Waals surface area contributed by atoms with Crippen LogP contribution in [-0.4, -0.2) is 19.3 Å². The summed E-state index contributed by atoms with van der Waals surface area (Å²) in [6.45, 7) is 8.18. The minimum Gasteiger partial charge on any atom is -0.494 e. The number of rotatable bonds is 7. The van der Waals surface area contributed by atoms with E-state index in [1.54, 1.807) is 0 Å². The lowest BCUT2D eigenvalue weighted by atomic mass is 10.0. The molecular formula is C16H25NO2. The first-order valence-electron chi connectivity index (χ1n) is 7.46. The molecule has 0 bridgehead atoms. The van der Waals surface area contributed by atoms with Crippen LogP contribution in [-0.2, 0) is 0 Å². The summed E-state index contributed by atoms with van der Waals surface area (Å²) in [5.41, 5.74) is 1.24. The molecule has 0 saturated heterocycles. The van der Waals surface area contributed by atoms with Gasteiger partial charge in [0.25, 0.3) is 0 Å². The maximum absolute atomic E-state index is 6.05. The molecule has 3 nitrogen and oxygen atoms in total. The van der Waals surface area contributed by atoms with Crippen LogP contribution in [0.2, 0.25) is 0 Å². The topological polar surface area (TPSA) is 30.5 Å². The van der Waals surface area contributed by atoms with Gasteiger partial charge in [-0.15, -0.1) is 0 Å². The molecule has 0 fully saturated rings. The molecule has 1 aliphatic rings. The van der Waals surface area contributed by atoms with Gasteiger partial charge < -0.3 is 14.8 Å². The second-order valence-electron chi connectivity index (χ2n) is 5.03. The molecule has 19 heavy (non-hydrogen) atoms. The Kier molecular flexibility index (Phi) is 5.08. The van der Waals surface area contributed by atoms with E-state index in [9.17, 15) is 0 Å². The van der Waals surface area contributed by atoms with Crippen molar-refractivity contribution >= 4 is 0 Å². The molecule has 1 N–H and O–H groups in total. The van der Waals surface area contributed by atoms with Gasteiger partial charge in [-0.05, 0) is 37.6 Å². The van der Waals surface area contributed by atoms with Gasteiger partial charge in [-0.25, -0.2) is 0 Å². The van der Waals surface area contributed by atoms with Gasteiger partial charge in [-0.3, -0.25) is 0 Å². The molecule has 106 valence electrons. The van der Waals surface area contributed by atoms with Crippen LogP contribution in [0.25, 0.3) is 0 Å². The molecule has 3 heteroatoms. The van der Waals surface area contributed by atoms with Crippen LogP contribution in [0.5, 0.6) is 11.5 Å². The van der Waals surface area contributed by atoms with Gasteiger partial charge in [-0.1, -0.05) is 27.2 Å². The van der Waals surface area contributed by atoms with E-state index >= 15 is 0 Å². The lowest BCUT2D eigenvalue weighted by Gasteiger charge is -2.19. The van der Waals surface area contributed by atoms with Crippen molar-refractivity contribution in [3.8, 4) is 11.5 Å². The van der Waals surface area contributed by atoms with Crippen molar-refractivity contribution in [1.82, 2.24) is 5.32 Å². The Morgan fingerprint density at radius 2 is 2.05 bits per heavy atom. The number of benzene rings is 1. The SMILES string of the molecule is CCCOc1ccc2c(c1)C(NCC)C(CCC)O2. The quantitative estimate of drug-likeness (QED) is 0.814. The van der Waals surface area contributed by atoms with E-state index in [2.05, 4.69) is 32.2 Å². The van der Waals surface area contributed by atoms with E-state index in [-0.39, 0.29) is 6.10 Å². The molecule has 0 aromatic heterocycles. The van der Waals surface area contributed by atoms with Crippen molar-refractivity contribution in [3.63, 3.8) is 0 Å². The molecule has 0 aliphatic carbocycles. The molecule has 2 atom stereocenters. The molecule has 2 unspecified atom stereocenters. The normalized spacial score (nSPS) is 21.0. The van der Waals surface area contributed by atoms with Gasteiger partial charge in [-0.2, -0.15) is 0 Å². The zero-order chi connectivity index (χ0) is 13.7. The van der Waals surface area contributed by atoms with Crippen LogP contribution >= 0.6 is 0 Å². The highest BCUT2D eigenvalue weighted by Gasteiger charge is 2.33. The van der Waals surface area contributed by atoms with Crippen molar-refractivity contribution in [2.45, 2.75) is 52.2 Å². The van der Waals surface area contributed by atoms with Crippen LogP contribution in [0.4, 0.5) is 0 Å². The Balaban J connectivity index is 2.18. The van der Waals surface area contributed by atoms with Crippen LogP contribution in [0.1, 0.15) is 51.6 Å². The van der Waals surface area contributed by atoms with Crippen molar-refractivity contribution in [3.05, 3.63) is 23.8 Å². The molecule has 1 aromatic rings. The van der Waals surface area contributed by atoms with Gasteiger partial charge in [0.15, 0.2) is 0 Å². The average molecular weight is 263 g/mol. The van der Waals surface area contributed by atoms with Gasteiger partial charge in [0, 0.05) is 5.56 Å². The maximum atomic E-state index is 6.05. The summed E-state index contributed by atoms with van der Waals surface area (Å²) in [5, 5.41) is 3.54. The third kappa shape index (κ3) is 3.21. The van der Waals surface area contributed by atoms with E-state index < -0.39 is 0 Å². The average Bonchev–Trinajstić information content (AvgIpc) is 2.75. The molecule has 1 heterocycles. The molecule has 2 rings (SSSR count). The highest BCUT2D eigenvalue weighted by atomic mass is 16.5. The smallest absolute Gasteiger partial charge is 0.125 e.